The van der Waals surface area contributed by atoms with Crippen LogP contribution in [0.2, 0.25) is 18.1 Å². The van der Waals surface area contributed by atoms with Gasteiger partial charge in [0.2, 0.25) is 0 Å². The maximum Gasteiger partial charge on any atom is 0.265 e. The first-order valence-electron chi connectivity index (χ1n) is 9.94. The van der Waals surface area contributed by atoms with Crippen LogP contribution < -0.4 is 14.4 Å². The zero-order valence-corrected chi connectivity index (χ0v) is 19.2. The predicted molar refractivity (Wildman–Crippen MR) is 118 cm³/mol. The van der Waals surface area contributed by atoms with Crippen LogP contribution in [0.25, 0.3) is 0 Å². The molecule has 1 heterocycles. The van der Waals surface area contributed by atoms with E-state index >= 15 is 0 Å². The Morgan fingerprint density at radius 1 is 1.07 bits per heavy atom. The fourth-order valence-electron chi connectivity index (χ4n) is 2.91. The zero-order chi connectivity index (χ0) is 21.2. The SMILES string of the molecule is COc1ccc(CN2C(=O)COc3cc(CO[Si](C)(C)C(C)(C)C)ccc32)cc1. The Balaban J connectivity index is 1.76. The van der Waals surface area contributed by atoms with Crippen molar-refractivity contribution >= 4 is 19.9 Å². The Bertz CT molecular complexity index is 871. The maximum atomic E-state index is 12.5. The van der Waals surface area contributed by atoms with Gasteiger partial charge < -0.3 is 18.8 Å². The topological polar surface area (TPSA) is 48.0 Å². The van der Waals surface area contributed by atoms with Gasteiger partial charge >= 0.3 is 0 Å². The molecular weight excluding hydrogens is 382 g/mol. The van der Waals surface area contributed by atoms with Crippen LogP contribution in [0.3, 0.4) is 0 Å². The van der Waals surface area contributed by atoms with E-state index in [1.54, 1.807) is 12.0 Å². The van der Waals surface area contributed by atoms with E-state index in [4.69, 9.17) is 13.9 Å². The van der Waals surface area contributed by atoms with Crippen LogP contribution in [-0.4, -0.2) is 27.9 Å². The molecule has 2 aromatic rings. The molecule has 3 rings (SSSR count). The van der Waals surface area contributed by atoms with E-state index in [0.717, 1.165) is 28.3 Å². The van der Waals surface area contributed by atoms with Gasteiger partial charge in [-0.05, 0) is 53.5 Å². The van der Waals surface area contributed by atoms with Gasteiger partial charge in [-0.1, -0.05) is 39.0 Å². The van der Waals surface area contributed by atoms with Gasteiger partial charge in [-0.25, -0.2) is 0 Å². The predicted octanol–water partition coefficient (Wildman–Crippen LogP) is 5.14. The van der Waals surface area contributed by atoms with Crippen LogP contribution in [0.1, 0.15) is 31.9 Å². The molecule has 6 heteroatoms. The summed E-state index contributed by atoms with van der Waals surface area (Å²) in [4.78, 5) is 14.3. The molecule has 0 unspecified atom stereocenters. The molecule has 29 heavy (non-hydrogen) atoms. The van der Waals surface area contributed by atoms with Crippen molar-refractivity contribution in [3.63, 3.8) is 0 Å². The Morgan fingerprint density at radius 3 is 2.34 bits per heavy atom. The molecule has 5 nitrogen and oxygen atoms in total. The minimum Gasteiger partial charge on any atom is -0.497 e. The van der Waals surface area contributed by atoms with Crippen molar-refractivity contribution < 1.29 is 18.7 Å². The summed E-state index contributed by atoms with van der Waals surface area (Å²) in [5.74, 6) is 1.49. The minimum absolute atomic E-state index is 0.0430. The highest BCUT2D eigenvalue weighted by atomic mass is 28.4. The molecule has 0 saturated carbocycles. The molecular formula is C23H31NO4Si. The Hall–Kier alpha value is -2.31. The van der Waals surface area contributed by atoms with Gasteiger partial charge in [0, 0.05) is 0 Å². The second-order valence-electron chi connectivity index (χ2n) is 8.97. The number of hydrogen-bond donors (Lipinski definition) is 0. The van der Waals surface area contributed by atoms with E-state index in [2.05, 4.69) is 33.9 Å². The van der Waals surface area contributed by atoms with E-state index < -0.39 is 8.32 Å². The average Bonchev–Trinajstić information content (AvgIpc) is 2.68. The third-order valence-electron chi connectivity index (χ3n) is 5.87. The van der Waals surface area contributed by atoms with E-state index in [0.29, 0.717) is 13.2 Å². The van der Waals surface area contributed by atoms with E-state index in [9.17, 15) is 4.79 Å². The molecule has 1 amide bonds. The number of nitrogens with zero attached hydrogens (tertiary/aromatic N) is 1. The number of fused-ring (bicyclic) bond motifs is 1. The third kappa shape index (κ3) is 4.82. The zero-order valence-electron chi connectivity index (χ0n) is 18.2. The number of anilines is 1. The lowest BCUT2D eigenvalue weighted by Crippen LogP contribution is -2.40. The number of benzene rings is 2. The molecule has 2 aromatic carbocycles. The second-order valence-corrected chi connectivity index (χ2v) is 13.8. The van der Waals surface area contributed by atoms with Gasteiger partial charge in [-0.2, -0.15) is 0 Å². The number of rotatable bonds is 6. The molecule has 0 atom stereocenters. The van der Waals surface area contributed by atoms with Crippen LogP contribution in [0.4, 0.5) is 5.69 Å². The number of carbonyl (C=O) groups is 1. The van der Waals surface area contributed by atoms with Gasteiger partial charge in [-0.3, -0.25) is 4.79 Å². The summed E-state index contributed by atoms with van der Waals surface area (Å²) in [7, 11) is -0.180. The Morgan fingerprint density at radius 2 is 1.72 bits per heavy atom. The summed E-state index contributed by atoms with van der Waals surface area (Å²) in [6.07, 6.45) is 0. The maximum absolute atomic E-state index is 12.5. The van der Waals surface area contributed by atoms with Gasteiger partial charge in [0.05, 0.1) is 25.9 Å². The van der Waals surface area contributed by atoms with Crippen molar-refractivity contribution in [1.82, 2.24) is 0 Å². The van der Waals surface area contributed by atoms with Crippen molar-refractivity contribution in [2.75, 3.05) is 18.6 Å². The summed E-state index contributed by atoms with van der Waals surface area (Å²) in [6.45, 7) is 12.3. The Kier molecular flexibility index (Phi) is 6.05. The fourth-order valence-corrected chi connectivity index (χ4v) is 3.87. The lowest BCUT2D eigenvalue weighted by molar-refractivity contribution is -0.121. The minimum atomic E-state index is -1.82. The standard InChI is InChI=1S/C23H31NO4Si/c1-23(2,3)29(5,6)28-15-18-9-12-20-21(13-18)27-16-22(25)24(20)14-17-7-10-19(26-4)11-8-17/h7-13H,14-16H2,1-6H3. The molecule has 0 saturated heterocycles. The normalized spacial score (nSPS) is 14.4. The highest BCUT2D eigenvalue weighted by Crippen LogP contribution is 2.38. The van der Waals surface area contributed by atoms with E-state index in [-0.39, 0.29) is 17.6 Å². The van der Waals surface area contributed by atoms with Gasteiger partial charge in [0.15, 0.2) is 14.9 Å². The molecule has 1 aliphatic heterocycles. The molecule has 0 radical (unpaired) electrons. The van der Waals surface area contributed by atoms with E-state index in [1.807, 2.05) is 42.5 Å². The number of hydrogen-bond acceptors (Lipinski definition) is 4. The number of ether oxygens (including phenoxy) is 2. The van der Waals surface area contributed by atoms with Crippen molar-refractivity contribution in [3.8, 4) is 11.5 Å². The summed E-state index contributed by atoms with van der Waals surface area (Å²) in [6, 6.07) is 13.7. The molecule has 156 valence electrons. The van der Waals surface area contributed by atoms with Crippen molar-refractivity contribution in [2.24, 2.45) is 0 Å². The van der Waals surface area contributed by atoms with Crippen LogP contribution in [0, 0.1) is 0 Å². The van der Waals surface area contributed by atoms with Crippen molar-refractivity contribution in [3.05, 3.63) is 53.6 Å². The van der Waals surface area contributed by atoms with Crippen LogP contribution in [0.15, 0.2) is 42.5 Å². The smallest absolute Gasteiger partial charge is 0.265 e. The molecule has 0 bridgehead atoms. The highest BCUT2D eigenvalue weighted by molar-refractivity contribution is 6.74. The summed E-state index contributed by atoms with van der Waals surface area (Å²) < 4.78 is 17.3. The lowest BCUT2D eigenvalue weighted by Gasteiger charge is -2.36. The van der Waals surface area contributed by atoms with Crippen LogP contribution in [-0.2, 0) is 22.4 Å². The van der Waals surface area contributed by atoms with Crippen LogP contribution >= 0.6 is 0 Å². The average molecular weight is 414 g/mol. The molecule has 0 aromatic heterocycles. The van der Waals surface area contributed by atoms with Crippen molar-refractivity contribution in [1.29, 1.82) is 0 Å². The molecule has 1 aliphatic rings. The molecule has 0 fully saturated rings. The summed E-state index contributed by atoms with van der Waals surface area (Å²) in [5, 5.41) is 0.166. The molecule has 0 aliphatic carbocycles. The largest absolute Gasteiger partial charge is 0.497 e. The first-order valence-corrected chi connectivity index (χ1v) is 12.8. The Labute approximate surface area is 174 Å². The van der Waals surface area contributed by atoms with E-state index in [1.165, 1.54) is 0 Å². The number of methoxy groups -OCH3 is 1. The summed E-state index contributed by atoms with van der Waals surface area (Å²) in [5.41, 5.74) is 2.90. The van der Waals surface area contributed by atoms with Crippen molar-refractivity contribution in [2.45, 2.75) is 52.1 Å². The van der Waals surface area contributed by atoms with Gasteiger partial charge in [0.1, 0.15) is 11.5 Å². The number of amides is 1. The highest BCUT2D eigenvalue weighted by Gasteiger charge is 2.37. The fraction of sp³-hybridized carbons (Fsp3) is 0.435. The summed E-state index contributed by atoms with van der Waals surface area (Å²) >= 11 is 0. The second kappa shape index (κ2) is 8.20. The monoisotopic (exact) mass is 413 g/mol. The third-order valence-corrected chi connectivity index (χ3v) is 10.4. The van der Waals surface area contributed by atoms with Crippen LogP contribution in [0.5, 0.6) is 11.5 Å². The number of carbonyl (C=O) groups excluding carboxylic acids is 1. The molecule has 0 spiro atoms. The van der Waals surface area contributed by atoms with Gasteiger partial charge in [-0.15, -0.1) is 0 Å². The quantitative estimate of drug-likeness (QED) is 0.615. The van der Waals surface area contributed by atoms with Gasteiger partial charge in [0.25, 0.3) is 5.91 Å². The first kappa shape index (κ1) is 21.4. The molecule has 0 N–H and O–H groups in total. The lowest BCUT2D eigenvalue weighted by atomic mass is 10.1. The first-order chi connectivity index (χ1) is 13.6.